The minimum atomic E-state index is -4.55. The lowest BCUT2D eigenvalue weighted by molar-refractivity contribution is -0.137. The molecule has 0 fully saturated rings. The summed E-state index contributed by atoms with van der Waals surface area (Å²) in [5.41, 5.74) is -0.245. The zero-order chi connectivity index (χ0) is 20.6. The first-order chi connectivity index (χ1) is 13.9. The molecule has 9 heteroatoms. The maximum absolute atomic E-state index is 12.7. The van der Waals surface area contributed by atoms with Gasteiger partial charge in [-0.05, 0) is 36.4 Å². The van der Waals surface area contributed by atoms with Crippen molar-refractivity contribution in [2.45, 2.75) is 12.1 Å². The zero-order valence-electron chi connectivity index (χ0n) is 14.5. The molecule has 0 amide bonds. The molecule has 0 radical (unpaired) electrons. The molecule has 144 valence electrons. The summed E-state index contributed by atoms with van der Waals surface area (Å²) in [5, 5.41) is 9.95. The number of carbonyl (C=O) groups excluding carboxylic acids is 1. The highest BCUT2D eigenvalue weighted by molar-refractivity contribution is 7.21. The Morgan fingerprint density at radius 1 is 1.14 bits per heavy atom. The van der Waals surface area contributed by atoms with Gasteiger partial charge in [0, 0.05) is 6.20 Å². The van der Waals surface area contributed by atoms with Crippen LogP contribution in [0.3, 0.4) is 0 Å². The quantitative estimate of drug-likeness (QED) is 0.415. The van der Waals surface area contributed by atoms with Crippen molar-refractivity contribution >= 4 is 27.3 Å². The van der Waals surface area contributed by atoms with E-state index in [4.69, 9.17) is 4.42 Å². The van der Waals surface area contributed by atoms with Crippen LogP contribution in [0.5, 0.6) is 0 Å². The number of Topliss-reactive ketones (excluding diaryl/α,β-unsaturated/α-hetero) is 1. The van der Waals surface area contributed by atoms with E-state index < -0.39 is 23.4 Å². The number of hydrogen-bond acceptors (Lipinski definition) is 6. The van der Waals surface area contributed by atoms with Crippen LogP contribution in [0, 0.1) is 11.3 Å². The third kappa shape index (κ3) is 3.62. The molecule has 3 aromatic heterocycles. The van der Waals surface area contributed by atoms with E-state index in [9.17, 15) is 23.2 Å². The van der Waals surface area contributed by atoms with Gasteiger partial charge in [0.05, 0.1) is 27.5 Å². The van der Waals surface area contributed by atoms with Gasteiger partial charge in [0.15, 0.2) is 22.4 Å². The number of thiazole rings is 1. The zero-order valence-corrected chi connectivity index (χ0v) is 15.3. The predicted molar refractivity (Wildman–Crippen MR) is 99.2 cm³/mol. The van der Waals surface area contributed by atoms with E-state index in [0.29, 0.717) is 17.0 Å². The van der Waals surface area contributed by atoms with Crippen LogP contribution in [0.4, 0.5) is 13.2 Å². The highest BCUT2D eigenvalue weighted by atomic mass is 32.1. The lowest BCUT2D eigenvalue weighted by atomic mass is 9.99. The maximum atomic E-state index is 12.7. The molecule has 5 nitrogen and oxygen atoms in total. The Labute approximate surface area is 166 Å². The summed E-state index contributed by atoms with van der Waals surface area (Å²) in [7, 11) is 0. The third-order valence-corrected chi connectivity index (χ3v) is 5.21. The average molecular weight is 413 g/mol. The van der Waals surface area contributed by atoms with Crippen molar-refractivity contribution in [2.24, 2.45) is 0 Å². The van der Waals surface area contributed by atoms with Crippen LogP contribution in [0.2, 0.25) is 0 Å². The molecule has 0 saturated carbocycles. The van der Waals surface area contributed by atoms with Crippen LogP contribution >= 0.6 is 11.3 Å². The smallest absolute Gasteiger partial charge is 0.417 e. The Balaban J connectivity index is 1.61. The molecule has 4 aromatic rings. The van der Waals surface area contributed by atoms with Crippen LogP contribution in [0.15, 0.2) is 59.1 Å². The Morgan fingerprint density at radius 2 is 1.93 bits per heavy atom. The van der Waals surface area contributed by atoms with Crippen molar-refractivity contribution < 1.29 is 22.4 Å². The van der Waals surface area contributed by atoms with Gasteiger partial charge in [-0.2, -0.15) is 18.4 Å². The topological polar surface area (TPSA) is 79.8 Å². The van der Waals surface area contributed by atoms with Gasteiger partial charge in [-0.25, -0.2) is 4.98 Å². The highest BCUT2D eigenvalue weighted by Gasteiger charge is 2.32. The SMILES string of the molecule is N#C[C@@H](C(=O)c1ccc(-c2nc3ccccc3s2)o1)c1ccc(C(F)(F)F)cn1. The van der Waals surface area contributed by atoms with Crippen molar-refractivity contribution in [2.75, 3.05) is 0 Å². The van der Waals surface area contributed by atoms with Crippen molar-refractivity contribution in [3.8, 4) is 16.8 Å². The summed E-state index contributed by atoms with van der Waals surface area (Å²) >= 11 is 1.39. The number of alkyl halides is 3. The van der Waals surface area contributed by atoms with E-state index in [2.05, 4.69) is 9.97 Å². The van der Waals surface area contributed by atoms with Gasteiger partial charge in [-0.15, -0.1) is 11.3 Å². The number of ketones is 1. The van der Waals surface area contributed by atoms with E-state index in [-0.39, 0.29) is 11.5 Å². The van der Waals surface area contributed by atoms with Gasteiger partial charge in [-0.1, -0.05) is 12.1 Å². The molecule has 3 heterocycles. The molecule has 0 saturated heterocycles. The van der Waals surface area contributed by atoms with Gasteiger partial charge in [0.25, 0.3) is 0 Å². The van der Waals surface area contributed by atoms with Crippen molar-refractivity contribution in [1.82, 2.24) is 9.97 Å². The van der Waals surface area contributed by atoms with Gasteiger partial charge in [-0.3, -0.25) is 9.78 Å². The third-order valence-electron chi connectivity index (χ3n) is 4.15. The van der Waals surface area contributed by atoms with Crippen molar-refractivity contribution in [1.29, 1.82) is 5.26 Å². The summed E-state index contributed by atoms with van der Waals surface area (Å²) < 4.78 is 44.6. The molecule has 4 rings (SSSR count). The average Bonchev–Trinajstić information content (AvgIpc) is 3.35. The van der Waals surface area contributed by atoms with Gasteiger partial charge in [0.1, 0.15) is 0 Å². The first-order valence-corrected chi connectivity index (χ1v) is 9.11. The second-order valence-electron chi connectivity index (χ2n) is 6.05. The van der Waals surface area contributed by atoms with Crippen LogP contribution in [-0.2, 0) is 6.18 Å². The van der Waals surface area contributed by atoms with Gasteiger partial charge < -0.3 is 4.42 Å². The van der Waals surface area contributed by atoms with Crippen molar-refractivity contribution in [3.05, 3.63) is 71.7 Å². The molecular formula is C20H10F3N3O2S. The Morgan fingerprint density at radius 3 is 2.59 bits per heavy atom. The van der Waals surface area contributed by atoms with E-state index in [1.54, 1.807) is 12.1 Å². The number of para-hydroxylation sites is 1. The Kier molecular flexibility index (Phi) is 4.64. The molecular weight excluding hydrogens is 403 g/mol. The fraction of sp³-hybridized carbons (Fsp3) is 0.100. The Bertz CT molecular complexity index is 1200. The number of hydrogen-bond donors (Lipinski definition) is 0. The first kappa shape index (κ1) is 18.8. The van der Waals surface area contributed by atoms with E-state index in [1.807, 2.05) is 24.3 Å². The first-order valence-electron chi connectivity index (χ1n) is 8.29. The number of nitriles is 1. The number of aromatic nitrogens is 2. The molecule has 0 spiro atoms. The second kappa shape index (κ2) is 7.14. The molecule has 1 atom stereocenters. The number of furan rings is 1. The lowest BCUT2D eigenvalue weighted by Gasteiger charge is -2.09. The van der Waals surface area contributed by atoms with Crippen LogP contribution < -0.4 is 0 Å². The van der Waals surface area contributed by atoms with Crippen molar-refractivity contribution in [3.63, 3.8) is 0 Å². The number of nitrogens with zero attached hydrogens (tertiary/aromatic N) is 3. The number of benzene rings is 1. The monoisotopic (exact) mass is 413 g/mol. The van der Waals surface area contributed by atoms with Crippen LogP contribution in [0.25, 0.3) is 21.0 Å². The predicted octanol–water partition coefficient (Wildman–Crippen LogP) is 5.46. The molecule has 0 unspecified atom stereocenters. The van der Waals surface area contributed by atoms with E-state index >= 15 is 0 Å². The Hall–Kier alpha value is -3.51. The van der Waals surface area contributed by atoms with Gasteiger partial charge >= 0.3 is 6.18 Å². The lowest BCUT2D eigenvalue weighted by Crippen LogP contribution is -2.13. The normalized spacial score (nSPS) is 12.6. The molecule has 0 N–H and O–H groups in total. The summed E-state index contributed by atoms with van der Waals surface area (Å²) in [5.74, 6) is -1.79. The molecule has 0 aliphatic rings. The molecule has 0 bridgehead atoms. The summed E-state index contributed by atoms with van der Waals surface area (Å²) in [6.45, 7) is 0. The molecule has 0 aliphatic heterocycles. The van der Waals surface area contributed by atoms with Gasteiger partial charge in [0.2, 0.25) is 5.78 Å². The molecule has 29 heavy (non-hydrogen) atoms. The number of pyridine rings is 1. The fourth-order valence-corrected chi connectivity index (χ4v) is 3.64. The second-order valence-corrected chi connectivity index (χ2v) is 7.08. The number of halogens is 3. The number of carbonyl (C=O) groups is 1. The summed E-state index contributed by atoms with van der Waals surface area (Å²) in [4.78, 5) is 20.8. The highest BCUT2D eigenvalue weighted by Crippen LogP contribution is 2.33. The number of fused-ring (bicyclic) bond motifs is 1. The van der Waals surface area contributed by atoms with Crippen LogP contribution in [0.1, 0.15) is 27.7 Å². The molecule has 1 aromatic carbocycles. The van der Waals surface area contributed by atoms with E-state index in [1.165, 1.54) is 17.4 Å². The minimum absolute atomic E-state index is 0.0802. The van der Waals surface area contributed by atoms with Crippen LogP contribution in [-0.4, -0.2) is 15.8 Å². The number of rotatable bonds is 4. The molecule has 0 aliphatic carbocycles. The maximum Gasteiger partial charge on any atom is 0.417 e. The van der Waals surface area contributed by atoms with E-state index in [0.717, 1.165) is 22.3 Å². The largest absolute Gasteiger partial charge is 0.450 e. The standard InChI is InChI=1S/C20H10F3N3O2S/c21-20(22,23)11-5-6-13(25-10-11)12(9-24)18(27)15-7-8-16(28-15)19-26-14-3-1-2-4-17(14)29-19/h1-8,10,12H/t12-/m1/s1. The summed E-state index contributed by atoms with van der Waals surface area (Å²) in [6, 6.07) is 14.1. The fourth-order valence-electron chi connectivity index (χ4n) is 2.71. The summed E-state index contributed by atoms with van der Waals surface area (Å²) in [6.07, 6.45) is -3.95. The minimum Gasteiger partial charge on any atom is -0.450 e.